The highest BCUT2D eigenvalue weighted by atomic mass is 16.3. The predicted octanol–water partition coefficient (Wildman–Crippen LogP) is 2.83. The first kappa shape index (κ1) is 16.3. The summed E-state index contributed by atoms with van der Waals surface area (Å²) in [7, 11) is 0. The topological polar surface area (TPSA) is 43.8 Å². The van der Waals surface area contributed by atoms with Crippen molar-refractivity contribution in [3.63, 3.8) is 0 Å². The quantitative estimate of drug-likeness (QED) is 0.932. The van der Waals surface area contributed by atoms with E-state index in [1.54, 1.807) is 0 Å². The number of aliphatic hydroxyl groups is 1. The van der Waals surface area contributed by atoms with E-state index in [1.807, 2.05) is 24.8 Å². The smallest absolute Gasteiger partial charge is 0.255 e. The van der Waals surface area contributed by atoms with Crippen molar-refractivity contribution in [2.45, 2.75) is 45.6 Å². The van der Waals surface area contributed by atoms with E-state index in [0.717, 1.165) is 49.3 Å². The standard InChI is InChI=1S/C19H28N2O2/c1-14-7-8-18(20-9-3-4-10-20)17(12-14)19(23)21-11-5-6-16(13-21)15(2)22/h7-8,12,15-16,22H,3-6,9-11,13H2,1-2H3. The molecule has 2 fully saturated rings. The van der Waals surface area contributed by atoms with Gasteiger partial charge in [0.2, 0.25) is 0 Å². The molecule has 0 spiro atoms. The summed E-state index contributed by atoms with van der Waals surface area (Å²) in [6.07, 6.45) is 4.05. The SMILES string of the molecule is Cc1ccc(N2CCCC2)c(C(=O)N2CCCC(C(C)O)C2)c1. The molecule has 126 valence electrons. The van der Waals surface area contributed by atoms with Crippen LogP contribution in [0, 0.1) is 12.8 Å². The van der Waals surface area contributed by atoms with E-state index in [2.05, 4.69) is 17.0 Å². The number of piperidine rings is 1. The highest BCUT2D eigenvalue weighted by molar-refractivity contribution is 6.00. The minimum atomic E-state index is -0.346. The van der Waals surface area contributed by atoms with Crippen LogP contribution in [0.15, 0.2) is 18.2 Å². The fraction of sp³-hybridized carbons (Fsp3) is 0.632. The number of hydrogen-bond donors (Lipinski definition) is 1. The minimum Gasteiger partial charge on any atom is -0.393 e. The molecular formula is C19H28N2O2. The number of aryl methyl sites for hydroxylation is 1. The number of rotatable bonds is 3. The van der Waals surface area contributed by atoms with Crippen molar-refractivity contribution in [1.82, 2.24) is 4.90 Å². The van der Waals surface area contributed by atoms with Crippen LogP contribution < -0.4 is 4.90 Å². The lowest BCUT2D eigenvalue weighted by molar-refractivity contribution is 0.0466. The summed E-state index contributed by atoms with van der Waals surface area (Å²) < 4.78 is 0. The number of amides is 1. The van der Waals surface area contributed by atoms with Crippen LogP contribution in [0.25, 0.3) is 0 Å². The van der Waals surface area contributed by atoms with Crippen LogP contribution in [-0.2, 0) is 0 Å². The average molecular weight is 316 g/mol. The van der Waals surface area contributed by atoms with Crippen LogP contribution >= 0.6 is 0 Å². The van der Waals surface area contributed by atoms with E-state index in [9.17, 15) is 9.90 Å². The van der Waals surface area contributed by atoms with Gasteiger partial charge in [-0.2, -0.15) is 0 Å². The summed E-state index contributed by atoms with van der Waals surface area (Å²) in [5, 5.41) is 9.87. The molecule has 0 radical (unpaired) electrons. The second-order valence-electron chi connectivity index (χ2n) is 7.11. The van der Waals surface area contributed by atoms with Crippen LogP contribution in [0.1, 0.15) is 48.5 Å². The lowest BCUT2D eigenvalue weighted by Gasteiger charge is -2.35. The van der Waals surface area contributed by atoms with Crippen molar-refractivity contribution in [3.8, 4) is 0 Å². The van der Waals surface area contributed by atoms with Crippen molar-refractivity contribution in [2.24, 2.45) is 5.92 Å². The molecule has 4 heteroatoms. The molecule has 2 aliphatic rings. The van der Waals surface area contributed by atoms with E-state index in [0.29, 0.717) is 6.54 Å². The molecule has 0 aliphatic carbocycles. The van der Waals surface area contributed by atoms with Crippen molar-refractivity contribution >= 4 is 11.6 Å². The van der Waals surface area contributed by atoms with E-state index in [1.165, 1.54) is 12.8 Å². The zero-order valence-electron chi connectivity index (χ0n) is 14.3. The van der Waals surface area contributed by atoms with Gasteiger partial charge in [-0.05, 0) is 51.7 Å². The summed E-state index contributed by atoms with van der Waals surface area (Å²) in [6, 6.07) is 6.23. The maximum Gasteiger partial charge on any atom is 0.255 e. The van der Waals surface area contributed by atoms with Gasteiger partial charge in [0, 0.05) is 37.8 Å². The first-order valence-corrected chi connectivity index (χ1v) is 8.89. The fourth-order valence-electron chi connectivity index (χ4n) is 3.81. The third-order valence-corrected chi connectivity index (χ3v) is 5.26. The van der Waals surface area contributed by atoms with Crippen LogP contribution in [0.2, 0.25) is 0 Å². The molecule has 1 amide bonds. The van der Waals surface area contributed by atoms with Crippen LogP contribution in [0.3, 0.4) is 0 Å². The Labute approximate surface area is 139 Å². The van der Waals surface area contributed by atoms with Crippen molar-refractivity contribution in [2.75, 3.05) is 31.1 Å². The third kappa shape index (κ3) is 3.52. The predicted molar refractivity (Wildman–Crippen MR) is 92.9 cm³/mol. The lowest BCUT2D eigenvalue weighted by Crippen LogP contribution is -2.43. The number of anilines is 1. The molecule has 1 aromatic carbocycles. The molecule has 2 unspecified atom stereocenters. The van der Waals surface area contributed by atoms with Gasteiger partial charge >= 0.3 is 0 Å². The lowest BCUT2D eigenvalue weighted by atomic mass is 9.93. The van der Waals surface area contributed by atoms with Gasteiger partial charge in [0.15, 0.2) is 0 Å². The summed E-state index contributed by atoms with van der Waals surface area (Å²) in [5.74, 6) is 0.327. The highest BCUT2D eigenvalue weighted by Crippen LogP contribution is 2.29. The van der Waals surface area contributed by atoms with Gasteiger partial charge in [0.05, 0.1) is 11.7 Å². The Morgan fingerprint density at radius 2 is 1.96 bits per heavy atom. The van der Waals surface area contributed by atoms with Gasteiger partial charge in [-0.3, -0.25) is 4.79 Å². The zero-order valence-corrected chi connectivity index (χ0v) is 14.3. The molecule has 1 aromatic rings. The van der Waals surface area contributed by atoms with Crippen LogP contribution in [0.4, 0.5) is 5.69 Å². The molecule has 23 heavy (non-hydrogen) atoms. The van der Waals surface area contributed by atoms with Gasteiger partial charge in [-0.25, -0.2) is 0 Å². The largest absolute Gasteiger partial charge is 0.393 e. The molecule has 2 aliphatic heterocycles. The molecule has 3 rings (SSSR count). The Morgan fingerprint density at radius 3 is 2.65 bits per heavy atom. The van der Waals surface area contributed by atoms with Crippen molar-refractivity contribution < 1.29 is 9.90 Å². The number of aliphatic hydroxyl groups excluding tert-OH is 1. The molecule has 0 bridgehead atoms. The minimum absolute atomic E-state index is 0.126. The fourth-order valence-corrected chi connectivity index (χ4v) is 3.81. The number of hydrogen-bond acceptors (Lipinski definition) is 3. The molecule has 0 aromatic heterocycles. The van der Waals surface area contributed by atoms with Crippen LogP contribution in [-0.4, -0.2) is 48.2 Å². The highest BCUT2D eigenvalue weighted by Gasteiger charge is 2.29. The Hall–Kier alpha value is -1.55. The van der Waals surface area contributed by atoms with Gasteiger partial charge in [-0.15, -0.1) is 0 Å². The molecule has 2 atom stereocenters. The average Bonchev–Trinajstić information content (AvgIpc) is 3.08. The molecule has 4 nitrogen and oxygen atoms in total. The third-order valence-electron chi connectivity index (χ3n) is 5.26. The summed E-state index contributed by atoms with van der Waals surface area (Å²) in [6.45, 7) is 7.43. The van der Waals surface area contributed by atoms with Crippen molar-refractivity contribution in [3.05, 3.63) is 29.3 Å². The first-order valence-electron chi connectivity index (χ1n) is 8.89. The van der Waals surface area contributed by atoms with E-state index in [-0.39, 0.29) is 17.9 Å². The number of nitrogens with zero attached hydrogens (tertiary/aromatic N) is 2. The zero-order chi connectivity index (χ0) is 16.4. The number of benzene rings is 1. The Morgan fingerprint density at radius 1 is 1.22 bits per heavy atom. The second-order valence-corrected chi connectivity index (χ2v) is 7.11. The van der Waals surface area contributed by atoms with Gasteiger partial charge in [0.1, 0.15) is 0 Å². The first-order chi connectivity index (χ1) is 11.1. The van der Waals surface area contributed by atoms with E-state index < -0.39 is 0 Å². The molecule has 0 saturated carbocycles. The van der Waals surface area contributed by atoms with E-state index in [4.69, 9.17) is 0 Å². The summed E-state index contributed by atoms with van der Waals surface area (Å²) in [4.78, 5) is 17.4. The van der Waals surface area contributed by atoms with Gasteiger partial charge in [-0.1, -0.05) is 11.6 Å². The normalized spacial score (nSPS) is 23.2. The Balaban J connectivity index is 1.84. The monoisotopic (exact) mass is 316 g/mol. The number of likely N-dealkylation sites (tertiary alicyclic amines) is 1. The maximum absolute atomic E-state index is 13.1. The van der Waals surface area contributed by atoms with Gasteiger partial charge < -0.3 is 14.9 Å². The van der Waals surface area contributed by atoms with Crippen LogP contribution in [0.5, 0.6) is 0 Å². The Bertz CT molecular complexity index is 564. The number of carbonyl (C=O) groups is 1. The Kier molecular flexibility index (Phi) is 4.90. The molecule has 1 N–H and O–H groups in total. The van der Waals surface area contributed by atoms with Gasteiger partial charge in [0.25, 0.3) is 5.91 Å². The summed E-state index contributed by atoms with van der Waals surface area (Å²) in [5.41, 5.74) is 3.04. The molecular weight excluding hydrogens is 288 g/mol. The van der Waals surface area contributed by atoms with Crippen molar-refractivity contribution in [1.29, 1.82) is 0 Å². The molecule has 2 heterocycles. The van der Waals surface area contributed by atoms with E-state index >= 15 is 0 Å². The second kappa shape index (κ2) is 6.91. The number of carbonyl (C=O) groups excluding carboxylic acids is 1. The summed E-state index contributed by atoms with van der Waals surface area (Å²) >= 11 is 0. The maximum atomic E-state index is 13.1. The molecule has 2 saturated heterocycles.